The van der Waals surface area contributed by atoms with E-state index in [-0.39, 0.29) is 17.3 Å². The summed E-state index contributed by atoms with van der Waals surface area (Å²) < 4.78 is 29.0. The highest BCUT2D eigenvalue weighted by Crippen LogP contribution is 2.29. The van der Waals surface area contributed by atoms with Crippen molar-refractivity contribution >= 4 is 50.7 Å². The van der Waals surface area contributed by atoms with Crippen molar-refractivity contribution in [1.29, 1.82) is 0 Å². The Bertz CT molecular complexity index is 1490. The third-order valence-corrected chi connectivity index (χ3v) is 8.76. The molecule has 214 valence electrons. The van der Waals surface area contributed by atoms with Gasteiger partial charge in [0.05, 0.1) is 20.6 Å². The van der Waals surface area contributed by atoms with Gasteiger partial charge in [0.15, 0.2) is 0 Å². The molecule has 0 radical (unpaired) electrons. The average molecular weight is 605 g/mol. The van der Waals surface area contributed by atoms with Crippen molar-refractivity contribution in [2.45, 2.75) is 64.6 Å². The van der Waals surface area contributed by atoms with E-state index < -0.39 is 34.1 Å². The first kappa shape index (κ1) is 31.5. The molecule has 10 heteroatoms. The van der Waals surface area contributed by atoms with Crippen LogP contribution in [0.3, 0.4) is 0 Å². The number of amides is 2. The number of hydrogen-bond donors (Lipinski definition) is 1. The maximum Gasteiger partial charge on any atom is 0.264 e. The Morgan fingerprint density at radius 1 is 0.925 bits per heavy atom. The summed E-state index contributed by atoms with van der Waals surface area (Å²) in [7, 11) is -4.14. The second-order valence-corrected chi connectivity index (χ2v) is 13.5. The number of hydrogen-bond acceptors (Lipinski definition) is 4. The molecule has 3 rings (SSSR count). The van der Waals surface area contributed by atoms with Crippen LogP contribution in [-0.4, -0.2) is 43.3 Å². The SMILES string of the molecule is Cc1ccc(C)c(N(CC(=O)N(Cc2ccc(Cl)c(Cl)c2)[C@H](C)C(=O)NC(C)(C)C)S(=O)(=O)c2ccccc2)c1. The summed E-state index contributed by atoms with van der Waals surface area (Å²) in [5.74, 6) is -0.923. The molecule has 1 atom stereocenters. The molecule has 40 heavy (non-hydrogen) atoms. The van der Waals surface area contributed by atoms with Gasteiger partial charge >= 0.3 is 0 Å². The Hall–Kier alpha value is -3.07. The number of nitrogens with zero attached hydrogens (tertiary/aromatic N) is 2. The number of nitrogens with one attached hydrogen (secondary N) is 1. The molecule has 1 N–H and O–H groups in total. The van der Waals surface area contributed by atoms with Crippen molar-refractivity contribution in [3.05, 3.63) is 93.5 Å². The monoisotopic (exact) mass is 603 g/mol. The molecule has 7 nitrogen and oxygen atoms in total. The van der Waals surface area contributed by atoms with E-state index in [1.807, 2.05) is 39.8 Å². The van der Waals surface area contributed by atoms with Crippen LogP contribution < -0.4 is 9.62 Å². The lowest BCUT2D eigenvalue weighted by molar-refractivity contribution is -0.140. The summed E-state index contributed by atoms with van der Waals surface area (Å²) in [6, 6.07) is 17.4. The van der Waals surface area contributed by atoms with Gasteiger partial charge in [0, 0.05) is 12.1 Å². The molecule has 0 heterocycles. The first-order valence-electron chi connectivity index (χ1n) is 12.8. The van der Waals surface area contributed by atoms with Crippen molar-refractivity contribution < 1.29 is 18.0 Å². The van der Waals surface area contributed by atoms with Gasteiger partial charge in [-0.1, -0.05) is 59.6 Å². The molecule has 0 aliphatic rings. The van der Waals surface area contributed by atoms with Crippen LogP contribution in [0, 0.1) is 13.8 Å². The highest BCUT2D eigenvalue weighted by atomic mass is 35.5. The number of carbonyl (C=O) groups is 2. The molecule has 0 saturated heterocycles. The second kappa shape index (κ2) is 12.6. The van der Waals surface area contributed by atoms with Crippen molar-refractivity contribution in [3.8, 4) is 0 Å². The molecule has 0 spiro atoms. The van der Waals surface area contributed by atoms with Crippen molar-refractivity contribution in [2.75, 3.05) is 10.8 Å². The minimum atomic E-state index is -4.14. The first-order valence-corrected chi connectivity index (χ1v) is 15.0. The number of rotatable bonds is 9. The molecular weight excluding hydrogens is 569 g/mol. The summed E-state index contributed by atoms with van der Waals surface area (Å²) in [4.78, 5) is 28.7. The number of halogens is 2. The predicted molar refractivity (Wildman–Crippen MR) is 161 cm³/mol. The van der Waals surface area contributed by atoms with Gasteiger partial charge in [-0.05, 0) is 88.6 Å². The Kier molecular flexibility index (Phi) is 9.93. The van der Waals surface area contributed by atoms with E-state index in [1.54, 1.807) is 56.3 Å². The van der Waals surface area contributed by atoms with E-state index in [0.717, 1.165) is 9.87 Å². The highest BCUT2D eigenvalue weighted by Gasteiger charge is 2.34. The molecule has 0 aliphatic carbocycles. The number of carbonyl (C=O) groups excluding carboxylic acids is 2. The molecule has 0 bridgehead atoms. The molecule has 3 aromatic rings. The van der Waals surface area contributed by atoms with Crippen LogP contribution in [0.25, 0.3) is 0 Å². The van der Waals surface area contributed by atoms with Gasteiger partial charge in [0.1, 0.15) is 12.6 Å². The summed E-state index contributed by atoms with van der Waals surface area (Å²) in [5.41, 5.74) is 2.02. The van der Waals surface area contributed by atoms with Gasteiger partial charge in [-0.3, -0.25) is 13.9 Å². The quantitative estimate of drug-likeness (QED) is 0.318. The normalized spacial score (nSPS) is 12.5. The lowest BCUT2D eigenvalue weighted by Gasteiger charge is -2.34. The number of anilines is 1. The Morgan fingerprint density at radius 3 is 2.17 bits per heavy atom. The largest absolute Gasteiger partial charge is 0.350 e. The third kappa shape index (κ3) is 7.77. The molecule has 0 aliphatic heterocycles. The third-order valence-electron chi connectivity index (χ3n) is 6.25. The zero-order valence-electron chi connectivity index (χ0n) is 23.5. The fourth-order valence-electron chi connectivity index (χ4n) is 4.11. The van der Waals surface area contributed by atoms with Crippen LogP contribution in [-0.2, 0) is 26.2 Å². The smallest absolute Gasteiger partial charge is 0.264 e. The number of aryl methyl sites for hydroxylation is 2. The molecule has 2 amide bonds. The van der Waals surface area contributed by atoms with E-state index in [2.05, 4.69) is 5.32 Å². The zero-order valence-corrected chi connectivity index (χ0v) is 25.9. The topological polar surface area (TPSA) is 86.8 Å². The molecule has 0 fully saturated rings. The van der Waals surface area contributed by atoms with E-state index in [1.165, 1.54) is 17.0 Å². The van der Waals surface area contributed by atoms with Crippen molar-refractivity contribution in [3.63, 3.8) is 0 Å². The molecular formula is C30H35Cl2N3O4S. The van der Waals surface area contributed by atoms with Crippen LogP contribution >= 0.6 is 23.2 Å². The van der Waals surface area contributed by atoms with E-state index in [4.69, 9.17) is 23.2 Å². The van der Waals surface area contributed by atoms with Gasteiger partial charge in [0.2, 0.25) is 11.8 Å². The Balaban J connectivity index is 2.08. The standard InChI is InChI=1S/C30H35Cl2N3O4S/c1-20-12-13-21(2)27(16-20)35(40(38,39)24-10-8-7-9-11-24)19-28(36)34(22(3)29(37)33-30(4,5)6)18-23-14-15-25(31)26(32)17-23/h7-17,22H,18-19H2,1-6H3,(H,33,37)/t22-/m1/s1. The van der Waals surface area contributed by atoms with E-state index in [9.17, 15) is 18.0 Å². The van der Waals surface area contributed by atoms with E-state index in [0.29, 0.717) is 26.9 Å². The molecule has 3 aromatic carbocycles. The van der Waals surface area contributed by atoms with Gasteiger partial charge in [0.25, 0.3) is 10.0 Å². The predicted octanol–water partition coefficient (Wildman–Crippen LogP) is 6.14. The lowest BCUT2D eigenvalue weighted by Crippen LogP contribution is -2.54. The van der Waals surface area contributed by atoms with Crippen molar-refractivity contribution in [1.82, 2.24) is 10.2 Å². The summed E-state index contributed by atoms with van der Waals surface area (Å²) in [6.07, 6.45) is 0. The Morgan fingerprint density at radius 2 is 1.57 bits per heavy atom. The molecule has 0 aromatic heterocycles. The maximum atomic E-state index is 14.0. The minimum Gasteiger partial charge on any atom is -0.350 e. The van der Waals surface area contributed by atoms with Crippen LogP contribution in [0.5, 0.6) is 0 Å². The lowest BCUT2D eigenvalue weighted by atomic mass is 10.1. The van der Waals surface area contributed by atoms with E-state index >= 15 is 0 Å². The van der Waals surface area contributed by atoms with Crippen LogP contribution in [0.2, 0.25) is 10.0 Å². The second-order valence-electron chi connectivity index (χ2n) is 10.8. The number of benzene rings is 3. The maximum absolute atomic E-state index is 14.0. The van der Waals surface area contributed by atoms with Crippen molar-refractivity contribution in [2.24, 2.45) is 0 Å². The fraction of sp³-hybridized carbons (Fsp3) is 0.333. The zero-order chi connectivity index (χ0) is 29.8. The van der Waals surface area contributed by atoms with Crippen LogP contribution in [0.4, 0.5) is 5.69 Å². The van der Waals surface area contributed by atoms with Gasteiger partial charge in [-0.25, -0.2) is 8.42 Å². The number of sulfonamides is 1. The summed E-state index contributed by atoms with van der Waals surface area (Å²) in [5, 5.41) is 3.57. The molecule has 0 saturated carbocycles. The van der Waals surface area contributed by atoms with Crippen LogP contribution in [0.15, 0.2) is 71.6 Å². The first-order chi connectivity index (χ1) is 18.6. The Labute approximate surface area is 247 Å². The summed E-state index contributed by atoms with van der Waals surface area (Å²) in [6.45, 7) is 10.3. The van der Waals surface area contributed by atoms with Crippen LogP contribution in [0.1, 0.15) is 44.4 Å². The van der Waals surface area contributed by atoms with Gasteiger partial charge in [-0.2, -0.15) is 0 Å². The average Bonchev–Trinajstić information content (AvgIpc) is 2.88. The highest BCUT2D eigenvalue weighted by molar-refractivity contribution is 7.92. The summed E-state index contributed by atoms with van der Waals surface area (Å²) >= 11 is 12.3. The van der Waals surface area contributed by atoms with Gasteiger partial charge < -0.3 is 10.2 Å². The molecule has 0 unspecified atom stereocenters. The van der Waals surface area contributed by atoms with Gasteiger partial charge in [-0.15, -0.1) is 0 Å². The fourth-order valence-corrected chi connectivity index (χ4v) is 5.92. The minimum absolute atomic E-state index is 0.0144.